The van der Waals surface area contributed by atoms with Gasteiger partial charge in [-0.1, -0.05) is 6.08 Å². The number of aryl methyl sites for hydroxylation is 2. The van der Waals surface area contributed by atoms with Crippen LogP contribution in [0.3, 0.4) is 0 Å². The van der Waals surface area contributed by atoms with Crippen molar-refractivity contribution in [2.45, 2.75) is 26.2 Å². The van der Waals surface area contributed by atoms with Gasteiger partial charge >= 0.3 is 5.97 Å². The first-order valence-corrected chi connectivity index (χ1v) is 6.29. The molecule has 1 heterocycles. The summed E-state index contributed by atoms with van der Waals surface area (Å²) in [5.74, 6) is -0.333. The molecule has 1 N–H and O–H groups in total. The zero-order chi connectivity index (χ0) is 13.1. The van der Waals surface area contributed by atoms with Crippen molar-refractivity contribution in [3.63, 3.8) is 0 Å². The van der Waals surface area contributed by atoms with Gasteiger partial charge in [-0.3, -0.25) is 0 Å². The van der Waals surface area contributed by atoms with Crippen LogP contribution in [0.5, 0.6) is 0 Å². The van der Waals surface area contributed by atoms with Crippen LogP contribution in [0.25, 0.3) is 0 Å². The number of rotatable bonds is 5. The first kappa shape index (κ1) is 12.6. The number of anilines is 1. The van der Waals surface area contributed by atoms with Crippen LogP contribution >= 0.6 is 0 Å². The largest absolute Gasteiger partial charge is 0.478 e. The van der Waals surface area contributed by atoms with Crippen LogP contribution in [0, 0.1) is 0 Å². The number of hydrogen-bond donors (Lipinski definition) is 1. The first-order valence-electron chi connectivity index (χ1n) is 6.29. The molecular formula is C14H18N2O2. The van der Waals surface area contributed by atoms with Crippen molar-refractivity contribution in [1.29, 1.82) is 0 Å². The average Bonchev–Trinajstić information content (AvgIpc) is 2.81. The molecule has 4 nitrogen and oxygen atoms in total. The smallest absolute Gasteiger partial charge is 0.339 e. The monoisotopic (exact) mass is 246 g/mol. The highest BCUT2D eigenvalue weighted by atomic mass is 16.4. The number of aromatic nitrogens is 1. The predicted molar refractivity (Wildman–Crippen MR) is 71.3 cm³/mol. The topological polar surface area (TPSA) is 53.4 Å². The Hall–Kier alpha value is -1.84. The molecule has 96 valence electrons. The number of carboxylic acid groups (broad SMARTS) is 1. The van der Waals surface area contributed by atoms with Gasteiger partial charge in [-0.2, -0.15) is 0 Å². The van der Waals surface area contributed by atoms with Crippen LogP contribution in [-0.4, -0.2) is 29.1 Å². The Labute approximate surface area is 107 Å². The summed E-state index contributed by atoms with van der Waals surface area (Å²) >= 11 is 0. The van der Waals surface area contributed by atoms with Crippen LogP contribution in [-0.2, 0) is 12.8 Å². The maximum absolute atomic E-state index is 11.4. The molecule has 0 radical (unpaired) electrons. The van der Waals surface area contributed by atoms with Gasteiger partial charge in [0, 0.05) is 18.8 Å². The fourth-order valence-electron chi connectivity index (χ4n) is 2.38. The Balaban J connectivity index is 2.49. The molecule has 0 amide bonds. The summed E-state index contributed by atoms with van der Waals surface area (Å²) in [4.78, 5) is 17.9. The van der Waals surface area contributed by atoms with E-state index in [-0.39, 0.29) is 0 Å². The molecule has 2 rings (SSSR count). The first-order chi connectivity index (χ1) is 8.67. The Morgan fingerprint density at radius 3 is 3.00 bits per heavy atom. The molecule has 0 unspecified atom stereocenters. The van der Waals surface area contributed by atoms with E-state index in [0.29, 0.717) is 17.9 Å². The van der Waals surface area contributed by atoms with E-state index in [1.807, 2.05) is 11.8 Å². The summed E-state index contributed by atoms with van der Waals surface area (Å²) in [7, 11) is 0. The van der Waals surface area contributed by atoms with E-state index >= 15 is 0 Å². The number of fused-ring (bicyclic) bond motifs is 1. The Morgan fingerprint density at radius 1 is 1.61 bits per heavy atom. The third-order valence-corrected chi connectivity index (χ3v) is 3.29. The molecule has 4 heteroatoms. The van der Waals surface area contributed by atoms with Crippen molar-refractivity contribution in [3.05, 3.63) is 35.5 Å². The molecular weight excluding hydrogens is 228 g/mol. The summed E-state index contributed by atoms with van der Waals surface area (Å²) in [6.45, 7) is 7.03. The fraction of sp³-hybridized carbons (Fsp3) is 0.429. The molecule has 1 aliphatic rings. The lowest BCUT2D eigenvalue weighted by atomic mass is 10.1. The number of carboxylic acids is 1. The molecule has 1 aromatic rings. The quantitative estimate of drug-likeness (QED) is 0.810. The highest BCUT2D eigenvalue weighted by molar-refractivity contribution is 5.93. The van der Waals surface area contributed by atoms with Crippen molar-refractivity contribution < 1.29 is 9.90 Å². The van der Waals surface area contributed by atoms with Gasteiger partial charge < -0.3 is 10.0 Å². The predicted octanol–water partition coefficient (Wildman–Crippen LogP) is 2.28. The lowest BCUT2D eigenvalue weighted by molar-refractivity contribution is 0.0697. The molecule has 0 bridgehead atoms. The summed E-state index contributed by atoms with van der Waals surface area (Å²) in [6, 6.07) is 1.79. The molecule has 18 heavy (non-hydrogen) atoms. The van der Waals surface area contributed by atoms with E-state index in [9.17, 15) is 9.90 Å². The average molecular weight is 246 g/mol. The zero-order valence-corrected chi connectivity index (χ0v) is 10.6. The molecule has 0 spiro atoms. The van der Waals surface area contributed by atoms with Gasteiger partial charge in [0.2, 0.25) is 0 Å². The van der Waals surface area contributed by atoms with E-state index in [1.54, 1.807) is 12.1 Å². The molecule has 0 saturated heterocycles. The van der Waals surface area contributed by atoms with Crippen molar-refractivity contribution in [1.82, 2.24) is 4.98 Å². The van der Waals surface area contributed by atoms with E-state index in [4.69, 9.17) is 0 Å². The third-order valence-electron chi connectivity index (χ3n) is 3.29. The molecule has 0 atom stereocenters. The molecule has 0 fully saturated rings. The second-order valence-electron chi connectivity index (χ2n) is 4.45. The van der Waals surface area contributed by atoms with Gasteiger partial charge in [0.25, 0.3) is 0 Å². The van der Waals surface area contributed by atoms with E-state index in [1.165, 1.54) is 0 Å². The lowest BCUT2D eigenvalue weighted by Gasteiger charge is -2.22. The minimum Gasteiger partial charge on any atom is -0.478 e. The summed E-state index contributed by atoms with van der Waals surface area (Å²) in [6.07, 6.45) is 4.73. The maximum Gasteiger partial charge on any atom is 0.339 e. The van der Waals surface area contributed by atoms with Crippen molar-refractivity contribution in [2.75, 3.05) is 18.0 Å². The number of likely N-dealkylation sites (N-methyl/N-ethyl adjacent to an activating group) is 1. The highest BCUT2D eigenvalue weighted by Gasteiger charge is 2.22. The third kappa shape index (κ3) is 2.23. The second kappa shape index (κ2) is 5.21. The van der Waals surface area contributed by atoms with E-state index in [0.717, 1.165) is 37.1 Å². The van der Waals surface area contributed by atoms with Gasteiger partial charge in [-0.05, 0) is 37.8 Å². The van der Waals surface area contributed by atoms with Crippen molar-refractivity contribution in [3.8, 4) is 0 Å². The number of aromatic carboxylic acids is 1. The summed E-state index contributed by atoms with van der Waals surface area (Å²) < 4.78 is 0. The van der Waals surface area contributed by atoms with Crippen molar-refractivity contribution >= 4 is 11.8 Å². The van der Waals surface area contributed by atoms with Gasteiger partial charge in [0.1, 0.15) is 11.4 Å². The van der Waals surface area contributed by atoms with Gasteiger partial charge in [0.15, 0.2) is 0 Å². The number of pyridine rings is 1. The zero-order valence-electron chi connectivity index (χ0n) is 10.6. The Kier molecular flexibility index (Phi) is 3.65. The standard InChI is InChI=1S/C14H18N2O2/c1-3-8-16(4-2)13-11(14(17)18)9-10-6-5-7-12(10)15-13/h3,9H,1,4-8H2,2H3,(H,17,18). The second-order valence-corrected chi connectivity index (χ2v) is 4.45. The minimum absolute atomic E-state index is 0.305. The van der Waals surface area contributed by atoms with E-state index < -0.39 is 5.97 Å². The minimum atomic E-state index is -0.908. The number of hydrogen-bond acceptors (Lipinski definition) is 3. The molecule has 1 aromatic heterocycles. The van der Waals surface area contributed by atoms with Gasteiger partial charge in [0.05, 0.1) is 0 Å². The Bertz CT molecular complexity index is 483. The van der Waals surface area contributed by atoms with Crippen LogP contribution < -0.4 is 4.90 Å². The number of nitrogens with zero attached hydrogens (tertiary/aromatic N) is 2. The van der Waals surface area contributed by atoms with Gasteiger partial charge in [-0.25, -0.2) is 9.78 Å². The highest BCUT2D eigenvalue weighted by Crippen LogP contribution is 2.27. The van der Waals surface area contributed by atoms with E-state index in [2.05, 4.69) is 11.6 Å². The molecule has 0 aromatic carbocycles. The van der Waals surface area contributed by atoms with Crippen LogP contribution in [0.15, 0.2) is 18.7 Å². The normalized spacial score (nSPS) is 13.2. The van der Waals surface area contributed by atoms with Crippen LogP contribution in [0.4, 0.5) is 5.82 Å². The summed E-state index contributed by atoms with van der Waals surface area (Å²) in [5.41, 5.74) is 2.45. The maximum atomic E-state index is 11.4. The van der Waals surface area contributed by atoms with Crippen LogP contribution in [0.1, 0.15) is 35.0 Å². The Morgan fingerprint density at radius 2 is 2.39 bits per heavy atom. The fourth-order valence-corrected chi connectivity index (χ4v) is 2.38. The number of carbonyl (C=O) groups is 1. The van der Waals surface area contributed by atoms with Crippen molar-refractivity contribution in [2.24, 2.45) is 0 Å². The lowest BCUT2D eigenvalue weighted by Crippen LogP contribution is -2.26. The van der Waals surface area contributed by atoms with Crippen LogP contribution in [0.2, 0.25) is 0 Å². The summed E-state index contributed by atoms with van der Waals surface area (Å²) in [5, 5.41) is 9.32. The molecule has 0 saturated carbocycles. The molecule has 0 aliphatic heterocycles. The van der Waals surface area contributed by atoms with Gasteiger partial charge in [-0.15, -0.1) is 6.58 Å². The SMILES string of the molecule is C=CCN(CC)c1nc2c(cc1C(=O)O)CCC2. The molecule has 1 aliphatic carbocycles.